The highest BCUT2D eigenvalue weighted by atomic mass is 35.5. The van der Waals surface area contributed by atoms with Crippen LogP contribution in [0.1, 0.15) is 22.3 Å². The van der Waals surface area contributed by atoms with Crippen molar-refractivity contribution in [3.8, 4) is 36.2 Å². The van der Waals surface area contributed by atoms with Crippen LogP contribution in [0.25, 0.3) is 0 Å². The molecule has 0 N–H and O–H groups in total. The minimum atomic E-state index is 0.398. The molecule has 3 aromatic rings. The van der Waals surface area contributed by atoms with Gasteiger partial charge >= 0.3 is 0 Å². The number of hydrogen-bond acceptors (Lipinski definition) is 2. The van der Waals surface area contributed by atoms with Gasteiger partial charge in [-0.1, -0.05) is 59.3 Å². The van der Waals surface area contributed by atoms with E-state index in [1.807, 2.05) is 24.3 Å². The zero-order valence-electron chi connectivity index (χ0n) is 14.9. The van der Waals surface area contributed by atoms with E-state index >= 15 is 0 Å². The van der Waals surface area contributed by atoms with Gasteiger partial charge in [0.1, 0.15) is 24.7 Å². The van der Waals surface area contributed by atoms with E-state index in [9.17, 15) is 0 Å². The topological polar surface area (TPSA) is 18.5 Å². The summed E-state index contributed by atoms with van der Waals surface area (Å²) in [6, 6.07) is 18.5. The molecule has 0 aliphatic rings. The highest BCUT2D eigenvalue weighted by Gasteiger charge is 2.05. The molecule has 2 nitrogen and oxygen atoms in total. The van der Waals surface area contributed by atoms with Crippen LogP contribution >= 0.6 is 23.2 Å². The molecule has 0 bridgehead atoms. The van der Waals surface area contributed by atoms with Gasteiger partial charge in [0, 0.05) is 11.1 Å². The van der Waals surface area contributed by atoms with E-state index in [0.29, 0.717) is 34.8 Å². The summed E-state index contributed by atoms with van der Waals surface area (Å²) in [6.07, 6.45) is 10.7. The minimum Gasteiger partial charge on any atom is -0.487 e. The van der Waals surface area contributed by atoms with Gasteiger partial charge in [0.15, 0.2) is 0 Å². The van der Waals surface area contributed by atoms with Crippen molar-refractivity contribution >= 4 is 23.2 Å². The smallest absolute Gasteiger partial charge is 0.138 e. The summed E-state index contributed by atoms with van der Waals surface area (Å²) in [5.41, 5.74) is 3.46. The molecule has 0 atom stereocenters. The highest BCUT2D eigenvalue weighted by Crippen LogP contribution is 2.27. The predicted octanol–water partition coefficient (Wildman–Crippen LogP) is 6.11. The molecule has 0 heterocycles. The van der Waals surface area contributed by atoms with Crippen molar-refractivity contribution < 1.29 is 9.47 Å². The van der Waals surface area contributed by atoms with Crippen molar-refractivity contribution in [2.24, 2.45) is 0 Å². The summed E-state index contributed by atoms with van der Waals surface area (Å²) in [7, 11) is 0. The molecule has 0 saturated carbocycles. The second kappa shape index (κ2) is 9.25. The van der Waals surface area contributed by atoms with Crippen LogP contribution in [0, 0.1) is 24.7 Å². The number of terminal acetylenes is 2. The van der Waals surface area contributed by atoms with E-state index in [0.717, 1.165) is 22.3 Å². The second-order valence-corrected chi connectivity index (χ2v) is 6.79. The number of ether oxygens (including phenoxy) is 2. The Bertz CT molecular complexity index is 971. The first kappa shape index (κ1) is 19.7. The quantitative estimate of drug-likeness (QED) is 0.459. The molecular weight excluding hydrogens is 391 g/mol. The van der Waals surface area contributed by atoms with Gasteiger partial charge < -0.3 is 9.47 Å². The van der Waals surface area contributed by atoms with Crippen LogP contribution in [0.4, 0.5) is 0 Å². The minimum absolute atomic E-state index is 0.398. The Morgan fingerprint density at radius 3 is 1.36 bits per heavy atom. The summed E-state index contributed by atoms with van der Waals surface area (Å²) in [6.45, 7) is 0.797. The van der Waals surface area contributed by atoms with Crippen molar-refractivity contribution in [2.75, 3.05) is 0 Å². The average Bonchev–Trinajstić information content (AvgIpc) is 2.72. The lowest BCUT2D eigenvalue weighted by Gasteiger charge is -2.10. The first-order valence-electron chi connectivity index (χ1n) is 8.45. The number of rotatable bonds is 6. The Morgan fingerprint density at radius 2 is 1.04 bits per heavy atom. The Balaban J connectivity index is 1.57. The van der Waals surface area contributed by atoms with E-state index in [1.165, 1.54) is 0 Å². The van der Waals surface area contributed by atoms with Gasteiger partial charge in [-0.2, -0.15) is 0 Å². The summed E-state index contributed by atoms with van der Waals surface area (Å²) in [4.78, 5) is 0. The highest BCUT2D eigenvalue weighted by molar-refractivity contribution is 6.32. The molecule has 4 heteroatoms. The zero-order chi connectivity index (χ0) is 19.9. The first-order chi connectivity index (χ1) is 13.6. The fourth-order valence-corrected chi connectivity index (χ4v) is 2.94. The molecule has 0 amide bonds. The summed E-state index contributed by atoms with van der Waals surface area (Å²) in [5.74, 6) is 6.27. The third-order valence-corrected chi connectivity index (χ3v) is 4.60. The summed E-state index contributed by atoms with van der Waals surface area (Å²) < 4.78 is 11.5. The maximum absolute atomic E-state index is 6.17. The maximum atomic E-state index is 6.17. The molecule has 0 unspecified atom stereocenters. The normalized spacial score (nSPS) is 10.0. The van der Waals surface area contributed by atoms with E-state index in [-0.39, 0.29) is 0 Å². The Labute approximate surface area is 175 Å². The Kier molecular flexibility index (Phi) is 6.51. The van der Waals surface area contributed by atoms with E-state index in [4.69, 9.17) is 45.5 Å². The van der Waals surface area contributed by atoms with Crippen LogP contribution in [-0.2, 0) is 13.2 Å². The van der Waals surface area contributed by atoms with Crippen LogP contribution in [-0.4, -0.2) is 0 Å². The summed E-state index contributed by atoms with van der Waals surface area (Å²) >= 11 is 12.3. The van der Waals surface area contributed by atoms with Gasteiger partial charge in [0.05, 0.1) is 10.0 Å². The lowest BCUT2D eigenvalue weighted by molar-refractivity contribution is 0.303. The SMILES string of the molecule is C#Cc1ccc(OCc2ccc(COc3ccc(C#C)cc3Cl)cc2)c(Cl)c1. The van der Waals surface area contributed by atoms with Crippen molar-refractivity contribution in [2.45, 2.75) is 13.2 Å². The fraction of sp³-hybridized carbons (Fsp3) is 0.0833. The zero-order valence-corrected chi connectivity index (χ0v) is 16.4. The maximum Gasteiger partial charge on any atom is 0.138 e. The van der Waals surface area contributed by atoms with Gasteiger partial charge in [0.25, 0.3) is 0 Å². The fourth-order valence-electron chi connectivity index (χ4n) is 2.47. The average molecular weight is 407 g/mol. The molecule has 0 saturated heterocycles. The predicted molar refractivity (Wildman–Crippen MR) is 114 cm³/mol. The second-order valence-electron chi connectivity index (χ2n) is 5.97. The van der Waals surface area contributed by atoms with Gasteiger partial charge in [-0.3, -0.25) is 0 Å². The molecule has 28 heavy (non-hydrogen) atoms. The molecular formula is C24H16Cl2O2. The van der Waals surface area contributed by atoms with Crippen molar-refractivity contribution in [3.05, 3.63) is 93.0 Å². The first-order valence-corrected chi connectivity index (χ1v) is 9.20. The van der Waals surface area contributed by atoms with Gasteiger partial charge in [-0.05, 0) is 47.5 Å². The Morgan fingerprint density at radius 1 is 0.643 bits per heavy atom. The molecule has 0 radical (unpaired) electrons. The van der Waals surface area contributed by atoms with Gasteiger partial charge in [0.2, 0.25) is 0 Å². The standard InChI is InChI=1S/C24H16Cl2O2/c1-3-17-9-11-23(21(25)13-17)27-15-19-5-7-20(8-6-19)16-28-24-12-10-18(4-2)14-22(24)26/h1-2,5-14H,15-16H2. The van der Waals surface area contributed by atoms with Crippen molar-refractivity contribution in [1.29, 1.82) is 0 Å². The third kappa shape index (κ3) is 5.02. The van der Waals surface area contributed by atoms with Crippen LogP contribution in [0.3, 0.4) is 0 Å². The summed E-state index contributed by atoms with van der Waals surface area (Å²) in [5, 5.41) is 0.987. The van der Waals surface area contributed by atoms with Crippen molar-refractivity contribution in [3.63, 3.8) is 0 Å². The molecule has 0 spiro atoms. The van der Waals surface area contributed by atoms with Crippen LogP contribution < -0.4 is 9.47 Å². The lowest BCUT2D eigenvalue weighted by Crippen LogP contribution is -1.99. The van der Waals surface area contributed by atoms with Gasteiger partial charge in [-0.15, -0.1) is 12.8 Å². The number of halogens is 2. The lowest BCUT2D eigenvalue weighted by atomic mass is 10.1. The molecule has 0 aliphatic carbocycles. The van der Waals surface area contributed by atoms with Crippen molar-refractivity contribution in [1.82, 2.24) is 0 Å². The molecule has 3 aromatic carbocycles. The number of hydrogen-bond donors (Lipinski definition) is 0. The monoisotopic (exact) mass is 406 g/mol. The molecule has 0 aromatic heterocycles. The molecule has 0 fully saturated rings. The van der Waals surface area contributed by atoms with Crippen LogP contribution in [0.5, 0.6) is 11.5 Å². The Hall–Kier alpha value is -3.04. The molecule has 0 aliphatic heterocycles. The third-order valence-electron chi connectivity index (χ3n) is 4.01. The van der Waals surface area contributed by atoms with E-state index in [2.05, 4.69) is 11.8 Å². The van der Waals surface area contributed by atoms with Crippen LogP contribution in [0.15, 0.2) is 60.7 Å². The molecule has 138 valence electrons. The molecule has 3 rings (SSSR count). The van der Waals surface area contributed by atoms with Crippen LogP contribution in [0.2, 0.25) is 10.0 Å². The largest absolute Gasteiger partial charge is 0.487 e. The number of benzene rings is 3. The van der Waals surface area contributed by atoms with Gasteiger partial charge in [-0.25, -0.2) is 0 Å². The van der Waals surface area contributed by atoms with E-state index in [1.54, 1.807) is 36.4 Å². The van der Waals surface area contributed by atoms with E-state index < -0.39 is 0 Å².